The first-order chi connectivity index (χ1) is 8.51. The van der Waals surface area contributed by atoms with Crippen molar-refractivity contribution < 1.29 is 13.5 Å². The predicted octanol–water partition coefficient (Wildman–Crippen LogP) is 1.01. The second-order valence-corrected chi connectivity index (χ2v) is 6.58. The SMILES string of the molecule is CC(O)CC1CCCN1S(=O)(=O)c1cccnc1. The van der Waals surface area contributed by atoms with Crippen LogP contribution in [0, 0.1) is 0 Å². The summed E-state index contributed by atoms with van der Waals surface area (Å²) in [6, 6.07) is 3.07. The minimum atomic E-state index is -3.47. The number of aromatic nitrogens is 1. The van der Waals surface area contributed by atoms with Crippen LogP contribution in [-0.4, -0.2) is 41.5 Å². The maximum Gasteiger partial charge on any atom is 0.244 e. The van der Waals surface area contributed by atoms with Crippen molar-refractivity contribution >= 4 is 10.0 Å². The summed E-state index contributed by atoms with van der Waals surface area (Å²) in [5.74, 6) is 0. The lowest BCUT2D eigenvalue weighted by Crippen LogP contribution is -2.37. The molecule has 0 radical (unpaired) electrons. The highest BCUT2D eigenvalue weighted by atomic mass is 32.2. The van der Waals surface area contributed by atoms with Gasteiger partial charge in [0.05, 0.1) is 6.10 Å². The second-order valence-electron chi connectivity index (χ2n) is 4.69. The molecule has 0 aromatic carbocycles. The fourth-order valence-electron chi connectivity index (χ4n) is 2.39. The van der Waals surface area contributed by atoms with Gasteiger partial charge in [-0.05, 0) is 38.3 Å². The molecule has 1 aliphatic heterocycles. The number of hydrogen-bond acceptors (Lipinski definition) is 4. The Morgan fingerprint density at radius 3 is 3.00 bits per heavy atom. The zero-order valence-corrected chi connectivity index (χ0v) is 11.2. The maximum absolute atomic E-state index is 12.4. The predicted molar refractivity (Wildman–Crippen MR) is 67.4 cm³/mol. The lowest BCUT2D eigenvalue weighted by Gasteiger charge is -2.24. The van der Waals surface area contributed by atoms with E-state index in [1.807, 2.05) is 0 Å². The van der Waals surface area contributed by atoms with Gasteiger partial charge in [-0.25, -0.2) is 8.42 Å². The van der Waals surface area contributed by atoms with Crippen LogP contribution < -0.4 is 0 Å². The van der Waals surface area contributed by atoms with E-state index in [0.29, 0.717) is 13.0 Å². The van der Waals surface area contributed by atoms with Crippen LogP contribution in [0.1, 0.15) is 26.2 Å². The Morgan fingerprint density at radius 1 is 1.61 bits per heavy atom. The first-order valence-electron chi connectivity index (χ1n) is 6.12. The minimum absolute atomic E-state index is 0.102. The van der Waals surface area contributed by atoms with Gasteiger partial charge in [-0.1, -0.05) is 0 Å². The van der Waals surface area contributed by atoms with Crippen molar-refractivity contribution in [3.8, 4) is 0 Å². The minimum Gasteiger partial charge on any atom is -0.393 e. The van der Waals surface area contributed by atoms with Gasteiger partial charge >= 0.3 is 0 Å². The molecule has 0 aliphatic carbocycles. The highest BCUT2D eigenvalue weighted by molar-refractivity contribution is 7.89. The monoisotopic (exact) mass is 270 g/mol. The number of sulfonamides is 1. The number of hydrogen-bond donors (Lipinski definition) is 1. The van der Waals surface area contributed by atoms with Crippen LogP contribution >= 0.6 is 0 Å². The lowest BCUT2D eigenvalue weighted by molar-refractivity contribution is 0.158. The Balaban J connectivity index is 2.24. The van der Waals surface area contributed by atoms with Gasteiger partial charge in [-0.2, -0.15) is 4.31 Å². The molecule has 1 aromatic rings. The summed E-state index contributed by atoms with van der Waals surface area (Å²) in [4.78, 5) is 4.08. The van der Waals surface area contributed by atoms with Gasteiger partial charge in [0.15, 0.2) is 0 Å². The van der Waals surface area contributed by atoms with E-state index in [9.17, 15) is 13.5 Å². The highest BCUT2D eigenvalue weighted by Gasteiger charge is 2.35. The van der Waals surface area contributed by atoms with E-state index in [1.165, 1.54) is 10.5 Å². The quantitative estimate of drug-likeness (QED) is 0.886. The number of aliphatic hydroxyl groups is 1. The Kier molecular flexibility index (Phi) is 3.99. The third-order valence-electron chi connectivity index (χ3n) is 3.18. The maximum atomic E-state index is 12.4. The summed E-state index contributed by atoms with van der Waals surface area (Å²) >= 11 is 0. The number of aliphatic hydroxyl groups excluding tert-OH is 1. The van der Waals surface area contributed by atoms with E-state index >= 15 is 0 Å². The van der Waals surface area contributed by atoms with Gasteiger partial charge in [0.1, 0.15) is 4.90 Å². The van der Waals surface area contributed by atoms with Gasteiger partial charge in [0.2, 0.25) is 10.0 Å². The molecular weight excluding hydrogens is 252 g/mol. The molecule has 2 atom stereocenters. The Morgan fingerprint density at radius 2 is 2.39 bits per heavy atom. The Bertz CT molecular complexity index is 487. The van der Waals surface area contributed by atoms with Gasteiger partial charge in [-0.3, -0.25) is 4.98 Å². The van der Waals surface area contributed by atoms with E-state index in [-0.39, 0.29) is 10.9 Å². The smallest absolute Gasteiger partial charge is 0.244 e. The largest absolute Gasteiger partial charge is 0.393 e. The molecule has 100 valence electrons. The van der Waals surface area contributed by atoms with Crippen LogP contribution in [0.4, 0.5) is 0 Å². The van der Waals surface area contributed by atoms with E-state index in [0.717, 1.165) is 12.8 Å². The standard InChI is InChI=1S/C12H18N2O3S/c1-10(15)8-11-4-3-7-14(11)18(16,17)12-5-2-6-13-9-12/h2,5-6,9-11,15H,3-4,7-8H2,1H3. The first kappa shape index (κ1) is 13.5. The molecule has 1 aromatic heterocycles. The molecule has 0 spiro atoms. The lowest BCUT2D eigenvalue weighted by atomic mass is 10.1. The van der Waals surface area contributed by atoms with Crippen molar-refractivity contribution in [2.45, 2.75) is 43.2 Å². The molecular formula is C12H18N2O3S. The van der Waals surface area contributed by atoms with Gasteiger partial charge in [0.25, 0.3) is 0 Å². The molecule has 1 aliphatic rings. The molecule has 6 heteroatoms. The molecule has 2 unspecified atom stereocenters. The Labute approximate surface area is 108 Å². The van der Waals surface area contributed by atoms with Gasteiger partial charge in [-0.15, -0.1) is 0 Å². The molecule has 2 heterocycles. The average molecular weight is 270 g/mol. The molecule has 0 bridgehead atoms. The second kappa shape index (κ2) is 5.34. The van der Waals surface area contributed by atoms with Crippen LogP contribution in [0.5, 0.6) is 0 Å². The summed E-state index contributed by atoms with van der Waals surface area (Å²) in [5, 5.41) is 9.43. The average Bonchev–Trinajstić information content (AvgIpc) is 2.78. The highest BCUT2D eigenvalue weighted by Crippen LogP contribution is 2.28. The molecule has 1 saturated heterocycles. The molecule has 5 nitrogen and oxygen atoms in total. The van der Waals surface area contributed by atoms with Crippen molar-refractivity contribution in [1.29, 1.82) is 0 Å². The van der Waals surface area contributed by atoms with Crippen molar-refractivity contribution in [2.24, 2.45) is 0 Å². The topological polar surface area (TPSA) is 70.5 Å². The van der Waals surface area contributed by atoms with Crippen LogP contribution in [0.15, 0.2) is 29.4 Å². The van der Waals surface area contributed by atoms with Crippen LogP contribution in [-0.2, 0) is 10.0 Å². The summed E-state index contributed by atoms with van der Waals surface area (Å²) in [6.07, 6.45) is 4.57. The molecule has 0 saturated carbocycles. The molecule has 2 rings (SSSR count). The fourth-order valence-corrected chi connectivity index (χ4v) is 4.06. The van der Waals surface area contributed by atoms with E-state index in [4.69, 9.17) is 0 Å². The first-order valence-corrected chi connectivity index (χ1v) is 7.56. The van der Waals surface area contributed by atoms with Crippen molar-refractivity contribution in [1.82, 2.24) is 9.29 Å². The summed E-state index contributed by atoms with van der Waals surface area (Å²) < 4.78 is 26.4. The number of nitrogens with zero attached hydrogens (tertiary/aromatic N) is 2. The molecule has 1 fully saturated rings. The normalized spacial score (nSPS) is 23.1. The summed E-state index contributed by atoms with van der Waals surface area (Å²) in [5.41, 5.74) is 0. The third kappa shape index (κ3) is 2.71. The Hall–Kier alpha value is -0.980. The van der Waals surface area contributed by atoms with E-state index in [1.54, 1.807) is 25.3 Å². The van der Waals surface area contributed by atoms with Crippen molar-refractivity contribution in [2.75, 3.05) is 6.54 Å². The van der Waals surface area contributed by atoms with Crippen molar-refractivity contribution in [3.05, 3.63) is 24.5 Å². The zero-order chi connectivity index (χ0) is 13.2. The summed E-state index contributed by atoms with van der Waals surface area (Å²) in [7, 11) is -3.47. The van der Waals surface area contributed by atoms with Crippen LogP contribution in [0.25, 0.3) is 0 Å². The van der Waals surface area contributed by atoms with Crippen LogP contribution in [0.2, 0.25) is 0 Å². The number of pyridine rings is 1. The van der Waals surface area contributed by atoms with E-state index < -0.39 is 16.1 Å². The van der Waals surface area contributed by atoms with Crippen LogP contribution in [0.3, 0.4) is 0 Å². The van der Waals surface area contributed by atoms with Crippen molar-refractivity contribution in [3.63, 3.8) is 0 Å². The molecule has 1 N–H and O–H groups in total. The third-order valence-corrected chi connectivity index (χ3v) is 5.11. The van der Waals surface area contributed by atoms with Gasteiger partial charge < -0.3 is 5.11 Å². The molecule has 18 heavy (non-hydrogen) atoms. The molecule has 0 amide bonds. The van der Waals surface area contributed by atoms with Gasteiger partial charge in [0, 0.05) is 25.0 Å². The number of rotatable bonds is 4. The summed E-state index contributed by atoms with van der Waals surface area (Å²) in [6.45, 7) is 2.21. The zero-order valence-electron chi connectivity index (χ0n) is 10.4. The van der Waals surface area contributed by atoms with E-state index in [2.05, 4.69) is 4.98 Å². The fraction of sp³-hybridized carbons (Fsp3) is 0.583.